The molecule has 0 bridgehead atoms. The molecule has 0 radical (unpaired) electrons. The highest BCUT2D eigenvalue weighted by Gasteiger charge is 2.08. The average Bonchev–Trinajstić information content (AvgIpc) is 2.89. The molecule has 0 saturated heterocycles. The Hall–Kier alpha value is -4.20. The maximum atomic E-state index is 12.1. The van der Waals surface area contributed by atoms with E-state index in [1.54, 1.807) is 44.6 Å². The smallest absolute Gasteiger partial charge is 0.276 e. The fourth-order valence-corrected chi connectivity index (χ4v) is 3.03. The van der Waals surface area contributed by atoms with E-state index in [9.17, 15) is 9.59 Å². The molecule has 3 rings (SSSR count). The lowest BCUT2D eigenvalue weighted by atomic mass is 10.1. The quantitative estimate of drug-likeness (QED) is 0.422. The second-order valence-corrected chi connectivity index (χ2v) is 7.35. The molecule has 0 fully saturated rings. The molecule has 8 heteroatoms. The summed E-state index contributed by atoms with van der Waals surface area (Å²) in [5.41, 5.74) is 6.69. The first kappa shape index (κ1) is 24.4. The van der Waals surface area contributed by atoms with Crippen molar-refractivity contribution in [3.05, 3.63) is 83.9 Å². The average molecular weight is 465 g/mol. The largest absolute Gasteiger partial charge is 0.497 e. The van der Waals surface area contributed by atoms with Crippen LogP contribution >= 0.6 is 0 Å². The van der Waals surface area contributed by atoms with E-state index >= 15 is 0 Å². The third kappa shape index (κ3) is 8.05. The fourth-order valence-electron chi connectivity index (χ4n) is 3.03. The summed E-state index contributed by atoms with van der Waals surface area (Å²) in [6.07, 6.45) is 0.645. The Labute approximate surface area is 198 Å². The summed E-state index contributed by atoms with van der Waals surface area (Å²) in [5.74, 6) is 1.71. The Balaban J connectivity index is 1.35. The van der Waals surface area contributed by atoms with E-state index in [0.717, 1.165) is 11.1 Å². The molecule has 0 aliphatic carbocycles. The van der Waals surface area contributed by atoms with Gasteiger partial charge < -0.3 is 18.9 Å². The number of aryl methyl sites for hydroxylation is 1. The summed E-state index contributed by atoms with van der Waals surface area (Å²) in [7, 11) is 3.13. The lowest BCUT2D eigenvalue weighted by Crippen LogP contribution is -2.43. The van der Waals surface area contributed by atoms with Gasteiger partial charge in [-0.15, -0.1) is 0 Å². The number of hydrazine groups is 1. The van der Waals surface area contributed by atoms with Gasteiger partial charge in [0.2, 0.25) is 5.91 Å². The maximum absolute atomic E-state index is 12.1. The molecule has 0 atom stereocenters. The van der Waals surface area contributed by atoms with Crippen LogP contribution < -0.4 is 29.8 Å². The number of hydrogen-bond donors (Lipinski definition) is 2. The Bertz CT molecular complexity index is 1050. The summed E-state index contributed by atoms with van der Waals surface area (Å²) in [4.78, 5) is 24.0. The van der Waals surface area contributed by atoms with Crippen molar-refractivity contribution in [1.29, 1.82) is 0 Å². The highest BCUT2D eigenvalue weighted by Crippen LogP contribution is 2.23. The number of rotatable bonds is 11. The van der Waals surface area contributed by atoms with E-state index < -0.39 is 5.91 Å². The Morgan fingerprint density at radius 3 is 1.88 bits per heavy atom. The summed E-state index contributed by atoms with van der Waals surface area (Å²) >= 11 is 0. The zero-order valence-corrected chi connectivity index (χ0v) is 19.2. The van der Waals surface area contributed by atoms with Gasteiger partial charge in [-0.3, -0.25) is 20.4 Å². The molecule has 0 heterocycles. The van der Waals surface area contributed by atoms with Crippen LogP contribution in [-0.2, 0) is 22.6 Å². The second kappa shape index (κ2) is 12.7. The van der Waals surface area contributed by atoms with Gasteiger partial charge in [-0.2, -0.15) is 0 Å². The predicted molar refractivity (Wildman–Crippen MR) is 127 cm³/mol. The van der Waals surface area contributed by atoms with Crippen molar-refractivity contribution in [3.63, 3.8) is 0 Å². The van der Waals surface area contributed by atoms with Gasteiger partial charge in [-0.1, -0.05) is 30.3 Å². The summed E-state index contributed by atoms with van der Waals surface area (Å²) in [5, 5.41) is 0. The van der Waals surface area contributed by atoms with Crippen LogP contribution in [0.1, 0.15) is 17.5 Å². The van der Waals surface area contributed by atoms with Crippen LogP contribution in [-0.4, -0.2) is 32.6 Å². The fraction of sp³-hybridized carbons (Fsp3) is 0.231. The highest BCUT2D eigenvalue weighted by atomic mass is 16.5. The first-order valence-electron chi connectivity index (χ1n) is 10.7. The van der Waals surface area contributed by atoms with E-state index in [4.69, 9.17) is 18.9 Å². The first-order valence-corrected chi connectivity index (χ1v) is 10.7. The van der Waals surface area contributed by atoms with Crippen LogP contribution in [0.5, 0.6) is 23.0 Å². The minimum Gasteiger partial charge on any atom is -0.497 e. The molecule has 0 unspecified atom stereocenters. The molecule has 0 aromatic heterocycles. The number of methoxy groups -OCH3 is 2. The van der Waals surface area contributed by atoms with Crippen molar-refractivity contribution in [2.45, 2.75) is 19.4 Å². The van der Waals surface area contributed by atoms with Crippen molar-refractivity contribution in [3.8, 4) is 23.0 Å². The van der Waals surface area contributed by atoms with E-state index in [2.05, 4.69) is 10.9 Å². The van der Waals surface area contributed by atoms with Gasteiger partial charge >= 0.3 is 0 Å². The number of carbonyl (C=O) groups excluding carboxylic acids is 2. The number of benzene rings is 3. The lowest BCUT2D eigenvalue weighted by Gasteiger charge is -2.11. The SMILES string of the molecule is COc1cc(CCC(=O)NNC(=O)COc2ccc(OCc3ccccc3)cc2)cc(OC)c1. The topological polar surface area (TPSA) is 95.1 Å². The molecule has 2 amide bonds. The Kier molecular flexibility index (Phi) is 9.16. The van der Waals surface area contributed by atoms with Crippen molar-refractivity contribution in [1.82, 2.24) is 10.9 Å². The molecule has 0 saturated carbocycles. The van der Waals surface area contributed by atoms with Gasteiger partial charge in [0, 0.05) is 12.5 Å². The van der Waals surface area contributed by atoms with Crippen LogP contribution in [0.2, 0.25) is 0 Å². The molecule has 2 N–H and O–H groups in total. The monoisotopic (exact) mass is 464 g/mol. The van der Waals surface area contributed by atoms with Crippen LogP contribution in [0, 0.1) is 0 Å². The van der Waals surface area contributed by atoms with Crippen molar-refractivity contribution < 1.29 is 28.5 Å². The lowest BCUT2D eigenvalue weighted by molar-refractivity contribution is -0.130. The number of carbonyl (C=O) groups is 2. The molecule has 178 valence electrons. The molecule has 3 aromatic carbocycles. The van der Waals surface area contributed by atoms with Crippen molar-refractivity contribution in [2.24, 2.45) is 0 Å². The van der Waals surface area contributed by atoms with Crippen LogP contribution in [0.15, 0.2) is 72.8 Å². The minimum atomic E-state index is -0.471. The molecular weight excluding hydrogens is 436 g/mol. The van der Waals surface area contributed by atoms with Gasteiger partial charge in [0.1, 0.15) is 29.6 Å². The Morgan fingerprint density at radius 2 is 1.26 bits per heavy atom. The standard InChI is InChI=1S/C26H28N2O6/c1-31-23-14-20(15-24(16-23)32-2)8-13-25(29)27-28-26(30)18-34-22-11-9-21(10-12-22)33-17-19-6-4-3-5-7-19/h3-7,9-12,14-16H,8,13,17-18H2,1-2H3,(H,27,29)(H,28,30). The molecule has 0 aliphatic heterocycles. The molecule has 34 heavy (non-hydrogen) atoms. The van der Waals surface area contributed by atoms with Gasteiger partial charge in [-0.25, -0.2) is 0 Å². The van der Waals surface area contributed by atoms with Gasteiger partial charge in [0.15, 0.2) is 6.61 Å². The summed E-state index contributed by atoms with van der Waals surface area (Å²) in [6.45, 7) is 0.228. The zero-order valence-electron chi connectivity index (χ0n) is 19.2. The van der Waals surface area contributed by atoms with Crippen LogP contribution in [0.3, 0.4) is 0 Å². The van der Waals surface area contributed by atoms with Crippen molar-refractivity contribution >= 4 is 11.8 Å². The molecule has 0 spiro atoms. The summed E-state index contributed by atoms with van der Waals surface area (Å²) < 4.78 is 21.6. The van der Waals surface area contributed by atoms with Crippen molar-refractivity contribution in [2.75, 3.05) is 20.8 Å². The third-order valence-corrected chi connectivity index (χ3v) is 4.84. The number of ether oxygens (including phenoxy) is 4. The van der Waals surface area contributed by atoms with E-state index in [0.29, 0.717) is 36.0 Å². The van der Waals surface area contributed by atoms with Gasteiger partial charge in [-0.05, 0) is 53.9 Å². The van der Waals surface area contributed by atoms with Crippen LogP contribution in [0.4, 0.5) is 0 Å². The molecule has 8 nitrogen and oxygen atoms in total. The third-order valence-electron chi connectivity index (χ3n) is 4.84. The second-order valence-electron chi connectivity index (χ2n) is 7.35. The summed E-state index contributed by atoms with van der Waals surface area (Å²) in [6, 6.07) is 22.3. The minimum absolute atomic E-state index is 0.182. The molecule has 0 aliphatic rings. The normalized spacial score (nSPS) is 10.2. The number of hydrogen-bond acceptors (Lipinski definition) is 6. The highest BCUT2D eigenvalue weighted by molar-refractivity contribution is 5.82. The van der Waals surface area contributed by atoms with E-state index in [1.165, 1.54) is 0 Å². The van der Waals surface area contributed by atoms with Gasteiger partial charge in [0.25, 0.3) is 5.91 Å². The van der Waals surface area contributed by atoms with E-state index in [1.807, 2.05) is 42.5 Å². The maximum Gasteiger partial charge on any atom is 0.276 e. The zero-order chi connectivity index (χ0) is 24.2. The predicted octanol–water partition coefficient (Wildman–Crippen LogP) is 3.44. The number of amides is 2. The molecular formula is C26H28N2O6. The number of nitrogens with one attached hydrogen (secondary N) is 2. The molecule has 3 aromatic rings. The first-order chi connectivity index (χ1) is 16.6. The Morgan fingerprint density at radius 1 is 0.676 bits per heavy atom. The van der Waals surface area contributed by atoms with Crippen LogP contribution in [0.25, 0.3) is 0 Å². The van der Waals surface area contributed by atoms with Gasteiger partial charge in [0.05, 0.1) is 14.2 Å². The van der Waals surface area contributed by atoms with E-state index in [-0.39, 0.29) is 18.9 Å².